The van der Waals surface area contributed by atoms with E-state index in [2.05, 4.69) is 51.7 Å². The average molecular weight is 408 g/mol. The number of anilines is 1. The van der Waals surface area contributed by atoms with Gasteiger partial charge < -0.3 is 20.3 Å². The number of para-hydroxylation sites is 1. The topological polar surface area (TPSA) is 61.8 Å². The van der Waals surface area contributed by atoms with Gasteiger partial charge in [-0.25, -0.2) is 9.98 Å². The Balaban J connectivity index is 1.37. The van der Waals surface area contributed by atoms with Crippen LogP contribution in [0.25, 0.3) is 0 Å². The van der Waals surface area contributed by atoms with Gasteiger partial charge in [-0.3, -0.25) is 0 Å². The highest BCUT2D eigenvalue weighted by atomic mass is 16.5. The van der Waals surface area contributed by atoms with Gasteiger partial charge >= 0.3 is 0 Å². The number of nitrogens with zero attached hydrogens (tertiary/aromatic N) is 3. The first-order valence-corrected chi connectivity index (χ1v) is 11.2. The number of nitrogens with one attached hydrogen (secondary N) is 2. The lowest BCUT2D eigenvalue weighted by molar-refractivity contribution is 0.296. The molecule has 1 saturated heterocycles. The molecular weight excluding hydrogens is 374 g/mol. The first-order valence-electron chi connectivity index (χ1n) is 11.2. The number of aliphatic imine (C=N–C) groups is 1. The summed E-state index contributed by atoms with van der Waals surface area (Å²) in [6.45, 7) is 7.24. The van der Waals surface area contributed by atoms with Gasteiger partial charge in [-0.15, -0.1) is 0 Å². The van der Waals surface area contributed by atoms with Crippen LogP contribution in [0.2, 0.25) is 0 Å². The quantitative estimate of drug-likeness (QED) is 0.490. The molecule has 0 amide bonds. The molecule has 2 aromatic rings. The first kappa shape index (κ1) is 20.5. The number of aromatic nitrogens is 1. The summed E-state index contributed by atoms with van der Waals surface area (Å²) in [5.41, 5.74) is 2.33. The van der Waals surface area contributed by atoms with Gasteiger partial charge in [-0.2, -0.15) is 0 Å². The lowest BCUT2D eigenvalue weighted by atomic mass is 10.2. The summed E-state index contributed by atoms with van der Waals surface area (Å²) in [4.78, 5) is 11.7. The maximum Gasteiger partial charge on any atom is 0.191 e. The summed E-state index contributed by atoms with van der Waals surface area (Å²) >= 11 is 0. The Morgan fingerprint density at radius 1 is 1.17 bits per heavy atom. The second-order valence-corrected chi connectivity index (χ2v) is 8.13. The van der Waals surface area contributed by atoms with E-state index in [9.17, 15) is 0 Å². The monoisotopic (exact) mass is 407 g/mol. The van der Waals surface area contributed by atoms with Crippen molar-refractivity contribution < 1.29 is 4.74 Å². The Morgan fingerprint density at radius 3 is 2.80 bits per heavy atom. The molecule has 2 aliphatic rings. The number of benzene rings is 1. The molecule has 0 unspecified atom stereocenters. The molecule has 2 N–H and O–H groups in total. The molecule has 1 saturated carbocycles. The largest absolute Gasteiger partial charge is 0.493 e. The van der Waals surface area contributed by atoms with Crippen LogP contribution in [0.15, 0.2) is 47.6 Å². The van der Waals surface area contributed by atoms with Crippen LogP contribution in [0.5, 0.6) is 5.75 Å². The third-order valence-corrected chi connectivity index (χ3v) is 5.59. The van der Waals surface area contributed by atoms with Crippen molar-refractivity contribution in [2.75, 3.05) is 31.1 Å². The zero-order valence-electron chi connectivity index (χ0n) is 17.9. The van der Waals surface area contributed by atoms with Crippen molar-refractivity contribution in [3.8, 4) is 5.75 Å². The fourth-order valence-electron chi connectivity index (χ4n) is 3.65. The van der Waals surface area contributed by atoms with E-state index in [1.807, 2.05) is 18.3 Å². The van der Waals surface area contributed by atoms with Gasteiger partial charge in [-0.05, 0) is 62.3 Å². The standard InChI is InChI=1S/C24H33N5O/c1-2-25-24(27-16-20-11-12-26-23(15-20)29-13-5-6-14-29)28-17-21-7-3-4-8-22(21)30-18-19-9-10-19/h3-4,7-8,11-12,15,19H,2,5-6,9-10,13-14,16-18H2,1H3,(H2,25,27,28). The van der Waals surface area contributed by atoms with E-state index >= 15 is 0 Å². The van der Waals surface area contributed by atoms with Gasteiger partial charge in [0.1, 0.15) is 11.6 Å². The van der Waals surface area contributed by atoms with E-state index in [-0.39, 0.29) is 0 Å². The molecule has 2 heterocycles. The second-order valence-electron chi connectivity index (χ2n) is 8.13. The number of ether oxygens (including phenoxy) is 1. The van der Waals surface area contributed by atoms with E-state index < -0.39 is 0 Å². The minimum Gasteiger partial charge on any atom is -0.493 e. The Labute approximate surface area is 179 Å². The fourth-order valence-corrected chi connectivity index (χ4v) is 3.65. The molecule has 1 aromatic carbocycles. The van der Waals surface area contributed by atoms with Crippen LogP contribution in [0, 0.1) is 5.92 Å². The molecule has 0 bridgehead atoms. The van der Waals surface area contributed by atoms with Crippen LogP contribution in [0.1, 0.15) is 43.7 Å². The lowest BCUT2D eigenvalue weighted by Crippen LogP contribution is -2.36. The van der Waals surface area contributed by atoms with Crippen LogP contribution in [0.4, 0.5) is 5.82 Å². The molecule has 2 fully saturated rings. The summed E-state index contributed by atoms with van der Waals surface area (Å²) in [5, 5.41) is 6.80. The smallest absolute Gasteiger partial charge is 0.191 e. The van der Waals surface area contributed by atoms with E-state index in [0.717, 1.165) is 55.2 Å². The molecule has 4 rings (SSSR count). The molecule has 1 aliphatic carbocycles. The van der Waals surface area contributed by atoms with Gasteiger partial charge in [-0.1, -0.05) is 18.2 Å². The number of pyridine rings is 1. The Bertz CT molecular complexity index is 843. The third kappa shape index (κ3) is 5.88. The summed E-state index contributed by atoms with van der Waals surface area (Å²) in [7, 11) is 0. The van der Waals surface area contributed by atoms with Crippen LogP contribution >= 0.6 is 0 Å². The van der Waals surface area contributed by atoms with Gasteiger partial charge in [0, 0.05) is 37.9 Å². The highest BCUT2D eigenvalue weighted by molar-refractivity contribution is 5.79. The second kappa shape index (κ2) is 10.3. The average Bonchev–Trinajstić information content (AvgIpc) is 3.45. The van der Waals surface area contributed by atoms with Crippen LogP contribution < -0.4 is 20.3 Å². The van der Waals surface area contributed by atoms with Crippen LogP contribution in [0.3, 0.4) is 0 Å². The molecule has 160 valence electrons. The summed E-state index contributed by atoms with van der Waals surface area (Å²) < 4.78 is 6.03. The SMILES string of the molecule is CCNC(=NCc1ccnc(N2CCCC2)c1)NCc1ccccc1OCC1CC1. The van der Waals surface area contributed by atoms with Gasteiger partial charge in [0.2, 0.25) is 0 Å². The third-order valence-electron chi connectivity index (χ3n) is 5.59. The molecule has 6 nitrogen and oxygen atoms in total. The van der Waals surface area contributed by atoms with Crippen molar-refractivity contribution in [3.63, 3.8) is 0 Å². The fraction of sp³-hybridized carbons (Fsp3) is 0.500. The molecule has 0 spiro atoms. The van der Waals surface area contributed by atoms with Crippen molar-refractivity contribution in [3.05, 3.63) is 53.7 Å². The van der Waals surface area contributed by atoms with Crippen molar-refractivity contribution in [1.29, 1.82) is 0 Å². The van der Waals surface area contributed by atoms with Gasteiger partial charge in [0.25, 0.3) is 0 Å². The molecule has 1 aliphatic heterocycles. The van der Waals surface area contributed by atoms with Crippen molar-refractivity contribution in [2.45, 2.75) is 45.7 Å². The highest BCUT2D eigenvalue weighted by Crippen LogP contribution is 2.30. The van der Waals surface area contributed by atoms with Gasteiger partial charge in [0.15, 0.2) is 5.96 Å². The minimum atomic E-state index is 0.624. The molecular formula is C24H33N5O. The maximum atomic E-state index is 6.03. The van der Waals surface area contributed by atoms with Crippen molar-refractivity contribution in [1.82, 2.24) is 15.6 Å². The van der Waals surface area contributed by atoms with Crippen molar-refractivity contribution in [2.24, 2.45) is 10.9 Å². The number of hydrogen-bond donors (Lipinski definition) is 2. The lowest BCUT2D eigenvalue weighted by Gasteiger charge is -2.17. The summed E-state index contributed by atoms with van der Waals surface area (Å²) in [5.74, 6) is 3.60. The van der Waals surface area contributed by atoms with Crippen LogP contribution in [-0.4, -0.2) is 37.2 Å². The normalized spacial score (nSPS) is 16.6. The zero-order chi connectivity index (χ0) is 20.6. The minimum absolute atomic E-state index is 0.624. The number of guanidine groups is 1. The zero-order valence-corrected chi connectivity index (χ0v) is 17.9. The van der Waals surface area contributed by atoms with Gasteiger partial charge in [0.05, 0.1) is 13.2 Å². The Hall–Kier alpha value is -2.76. The van der Waals surface area contributed by atoms with Crippen LogP contribution in [-0.2, 0) is 13.1 Å². The molecule has 0 atom stereocenters. The summed E-state index contributed by atoms with van der Waals surface area (Å²) in [6.07, 6.45) is 7.00. The Morgan fingerprint density at radius 2 is 2.00 bits per heavy atom. The van der Waals surface area contributed by atoms with E-state index in [0.29, 0.717) is 13.1 Å². The molecule has 6 heteroatoms. The number of rotatable bonds is 9. The molecule has 30 heavy (non-hydrogen) atoms. The molecule has 0 radical (unpaired) electrons. The first-order chi connectivity index (χ1) is 14.8. The number of hydrogen-bond acceptors (Lipinski definition) is 4. The predicted octanol–water partition coefficient (Wildman–Crippen LogP) is 3.73. The van der Waals surface area contributed by atoms with E-state index in [1.54, 1.807) is 0 Å². The van der Waals surface area contributed by atoms with E-state index in [1.165, 1.54) is 31.2 Å². The summed E-state index contributed by atoms with van der Waals surface area (Å²) in [6, 6.07) is 12.5. The maximum absolute atomic E-state index is 6.03. The highest BCUT2D eigenvalue weighted by Gasteiger charge is 2.22. The Kier molecular flexibility index (Phi) is 7.06. The molecule has 1 aromatic heterocycles. The van der Waals surface area contributed by atoms with E-state index in [4.69, 9.17) is 9.73 Å². The predicted molar refractivity (Wildman–Crippen MR) is 122 cm³/mol. The van der Waals surface area contributed by atoms with Crippen molar-refractivity contribution >= 4 is 11.8 Å².